The summed E-state index contributed by atoms with van der Waals surface area (Å²) in [5, 5.41) is 0. The zero-order valence-electron chi connectivity index (χ0n) is 11.5. The van der Waals surface area contributed by atoms with Crippen LogP contribution >= 0.6 is 15.9 Å². The van der Waals surface area contributed by atoms with Crippen LogP contribution in [0.4, 0.5) is 0 Å². The van der Waals surface area contributed by atoms with E-state index in [2.05, 4.69) is 20.9 Å². The summed E-state index contributed by atoms with van der Waals surface area (Å²) < 4.78 is 6.78. The minimum absolute atomic E-state index is 0.444. The third kappa shape index (κ3) is 2.99. The molecule has 2 rings (SSSR count). The van der Waals surface area contributed by atoms with Crippen LogP contribution in [-0.4, -0.2) is 10.9 Å². The smallest absolute Gasteiger partial charge is 0.248 e. The van der Waals surface area contributed by atoms with Gasteiger partial charge in [-0.3, -0.25) is 4.79 Å². The molecule has 2 aromatic rings. The van der Waals surface area contributed by atoms with Gasteiger partial charge in [0.15, 0.2) is 0 Å². The maximum Gasteiger partial charge on any atom is 0.248 e. The van der Waals surface area contributed by atoms with Crippen LogP contribution in [0.5, 0.6) is 11.6 Å². The Balaban J connectivity index is 2.41. The van der Waals surface area contributed by atoms with Crippen molar-refractivity contribution in [3.63, 3.8) is 0 Å². The molecule has 0 atom stereocenters. The molecule has 0 saturated heterocycles. The summed E-state index contributed by atoms with van der Waals surface area (Å²) in [6.07, 6.45) is 1.69. The highest BCUT2D eigenvalue weighted by molar-refractivity contribution is 9.10. The van der Waals surface area contributed by atoms with Crippen molar-refractivity contribution in [1.29, 1.82) is 0 Å². The highest BCUT2D eigenvalue weighted by Crippen LogP contribution is 2.31. The second-order valence-corrected chi connectivity index (χ2v) is 5.60. The lowest BCUT2D eigenvalue weighted by Gasteiger charge is -2.13. The highest BCUT2D eigenvalue weighted by atomic mass is 79.9. The van der Waals surface area contributed by atoms with Crippen molar-refractivity contribution < 1.29 is 9.53 Å². The maximum absolute atomic E-state index is 11.2. The predicted molar refractivity (Wildman–Crippen MR) is 81.2 cm³/mol. The lowest BCUT2D eigenvalue weighted by molar-refractivity contribution is 0.1000. The van der Waals surface area contributed by atoms with Gasteiger partial charge >= 0.3 is 0 Å². The van der Waals surface area contributed by atoms with E-state index in [4.69, 9.17) is 10.5 Å². The Kier molecular flexibility index (Phi) is 4.09. The molecule has 0 aliphatic heterocycles. The molecule has 5 heteroatoms. The first-order chi connectivity index (χ1) is 9.38. The number of pyridine rings is 1. The van der Waals surface area contributed by atoms with E-state index in [0.29, 0.717) is 17.2 Å². The summed E-state index contributed by atoms with van der Waals surface area (Å²) in [7, 11) is 0. The van der Waals surface area contributed by atoms with E-state index in [-0.39, 0.29) is 0 Å². The molecule has 20 heavy (non-hydrogen) atoms. The highest BCUT2D eigenvalue weighted by Gasteiger charge is 2.12. The molecule has 1 aromatic carbocycles. The minimum Gasteiger partial charge on any atom is -0.438 e. The van der Waals surface area contributed by atoms with Gasteiger partial charge in [-0.2, -0.15) is 0 Å². The molecule has 0 spiro atoms. The number of hydrogen-bond donors (Lipinski definition) is 1. The Morgan fingerprint density at radius 2 is 1.75 bits per heavy atom. The molecule has 1 amide bonds. The van der Waals surface area contributed by atoms with Crippen LogP contribution in [0.1, 0.15) is 27.0 Å². The monoisotopic (exact) mass is 334 g/mol. The van der Waals surface area contributed by atoms with Crippen molar-refractivity contribution in [2.24, 2.45) is 5.73 Å². The lowest BCUT2D eigenvalue weighted by Crippen LogP contribution is -2.11. The molecule has 0 saturated carbocycles. The van der Waals surface area contributed by atoms with Crippen molar-refractivity contribution >= 4 is 21.8 Å². The Hall–Kier alpha value is -1.88. The average Bonchev–Trinajstić information content (AvgIpc) is 2.35. The van der Waals surface area contributed by atoms with Crippen LogP contribution in [0.15, 0.2) is 28.9 Å². The van der Waals surface area contributed by atoms with Gasteiger partial charge in [0.25, 0.3) is 0 Å². The number of benzene rings is 1. The molecule has 1 heterocycles. The summed E-state index contributed by atoms with van der Waals surface area (Å²) in [4.78, 5) is 15.5. The van der Waals surface area contributed by atoms with Gasteiger partial charge in [-0.05, 0) is 66.0 Å². The van der Waals surface area contributed by atoms with Gasteiger partial charge in [-0.1, -0.05) is 0 Å². The normalized spacial score (nSPS) is 10.4. The van der Waals surface area contributed by atoms with Gasteiger partial charge in [-0.15, -0.1) is 0 Å². The van der Waals surface area contributed by atoms with Gasteiger partial charge in [-0.25, -0.2) is 4.98 Å². The number of rotatable bonds is 3. The number of carbonyl (C=O) groups is 1. The minimum atomic E-state index is -0.444. The molecular formula is C15H15BrN2O2. The van der Waals surface area contributed by atoms with Crippen LogP contribution in [0.25, 0.3) is 0 Å². The van der Waals surface area contributed by atoms with Crippen molar-refractivity contribution in [2.75, 3.05) is 0 Å². The van der Waals surface area contributed by atoms with Crippen molar-refractivity contribution in [3.8, 4) is 11.6 Å². The Morgan fingerprint density at radius 3 is 2.25 bits per heavy atom. The van der Waals surface area contributed by atoms with Crippen LogP contribution in [0, 0.1) is 20.8 Å². The number of nitrogens with zero attached hydrogens (tertiary/aromatic N) is 1. The third-order valence-electron chi connectivity index (χ3n) is 2.94. The largest absolute Gasteiger partial charge is 0.438 e. The van der Waals surface area contributed by atoms with E-state index >= 15 is 0 Å². The first-order valence-electron chi connectivity index (χ1n) is 6.09. The van der Waals surface area contributed by atoms with Crippen LogP contribution in [0.3, 0.4) is 0 Å². The van der Waals surface area contributed by atoms with Gasteiger partial charge in [0.1, 0.15) is 5.75 Å². The summed E-state index contributed by atoms with van der Waals surface area (Å²) in [6, 6.07) is 5.38. The molecular weight excluding hydrogens is 320 g/mol. The van der Waals surface area contributed by atoms with Crippen molar-refractivity contribution in [1.82, 2.24) is 4.98 Å². The number of hydrogen-bond acceptors (Lipinski definition) is 3. The van der Waals surface area contributed by atoms with Gasteiger partial charge in [0, 0.05) is 21.8 Å². The second-order valence-electron chi connectivity index (χ2n) is 4.68. The number of aromatic nitrogens is 1. The van der Waals surface area contributed by atoms with E-state index in [1.165, 1.54) is 0 Å². The molecule has 4 nitrogen and oxygen atoms in total. The van der Waals surface area contributed by atoms with E-state index < -0.39 is 5.91 Å². The van der Waals surface area contributed by atoms with Gasteiger partial charge in [0.2, 0.25) is 11.8 Å². The Bertz CT molecular complexity index is 661. The van der Waals surface area contributed by atoms with Crippen molar-refractivity contribution in [3.05, 3.63) is 51.1 Å². The first-order valence-corrected chi connectivity index (χ1v) is 6.89. The summed E-state index contributed by atoms with van der Waals surface area (Å²) in [5.41, 5.74) is 8.40. The molecule has 0 aliphatic rings. The van der Waals surface area contributed by atoms with Gasteiger partial charge in [0.05, 0.1) is 0 Å². The number of nitrogens with two attached hydrogens (primary N) is 1. The summed E-state index contributed by atoms with van der Waals surface area (Å²) >= 11 is 3.37. The van der Waals surface area contributed by atoms with E-state index in [1.54, 1.807) is 18.3 Å². The van der Waals surface area contributed by atoms with E-state index in [9.17, 15) is 4.79 Å². The number of primary amides is 1. The van der Waals surface area contributed by atoms with Crippen LogP contribution < -0.4 is 10.5 Å². The summed E-state index contributed by atoms with van der Waals surface area (Å²) in [5.74, 6) is 0.805. The molecule has 104 valence electrons. The van der Waals surface area contributed by atoms with Crippen molar-refractivity contribution in [2.45, 2.75) is 20.8 Å². The first kappa shape index (κ1) is 14.5. The number of halogens is 1. The van der Waals surface area contributed by atoms with Gasteiger partial charge < -0.3 is 10.5 Å². The number of ether oxygens (including phenoxy) is 1. The SMILES string of the molecule is Cc1cc(Br)cnc1Oc1c(C)cc(C(N)=O)cc1C. The topological polar surface area (TPSA) is 65.2 Å². The molecule has 0 aliphatic carbocycles. The number of aryl methyl sites for hydroxylation is 3. The Labute approximate surface area is 126 Å². The molecule has 0 fully saturated rings. The zero-order valence-corrected chi connectivity index (χ0v) is 13.1. The molecule has 2 N–H and O–H groups in total. The van der Waals surface area contributed by atoms with E-state index in [1.807, 2.05) is 26.8 Å². The molecule has 1 aromatic heterocycles. The fourth-order valence-corrected chi connectivity index (χ4v) is 2.43. The molecule has 0 bridgehead atoms. The number of carbonyl (C=O) groups excluding carboxylic acids is 1. The fraction of sp³-hybridized carbons (Fsp3) is 0.200. The number of amides is 1. The summed E-state index contributed by atoms with van der Waals surface area (Å²) in [6.45, 7) is 5.68. The quantitative estimate of drug-likeness (QED) is 0.931. The lowest BCUT2D eigenvalue weighted by atomic mass is 10.1. The average molecular weight is 335 g/mol. The molecule has 0 radical (unpaired) electrons. The second kappa shape index (κ2) is 5.63. The standard InChI is InChI=1S/C15H15BrN2O2/c1-8-4-11(14(17)19)5-9(2)13(8)20-15-10(3)6-12(16)7-18-15/h4-7H,1-3H3,(H2,17,19). The fourth-order valence-electron chi connectivity index (χ4n) is 1.98. The van der Waals surface area contributed by atoms with E-state index in [0.717, 1.165) is 21.2 Å². The predicted octanol–water partition coefficient (Wildman–Crippen LogP) is 3.66. The maximum atomic E-state index is 11.2. The molecule has 0 unspecified atom stereocenters. The van der Waals surface area contributed by atoms with Crippen LogP contribution in [0.2, 0.25) is 0 Å². The Morgan fingerprint density at radius 1 is 1.15 bits per heavy atom. The third-order valence-corrected chi connectivity index (χ3v) is 3.37. The zero-order chi connectivity index (χ0) is 14.9. The van der Waals surface area contributed by atoms with Crippen LogP contribution in [-0.2, 0) is 0 Å².